The van der Waals surface area contributed by atoms with Crippen LogP contribution in [0.15, 0.2) is 18.2 Å². The lowest BCUT2D eigenvalue weighted by molar-refractivity contribution is 0.539. The van der Waals surface area contributed by atoms with E-state index in [2.05, 4.69) is 13.8 Å². The highest BCUT2D eigenvalue weighted by Gasteiger charge is 2.13. The maximum absolute atomic E-state index is 13.5. The van der Waals surface area contributed by atoms with E-state index < -0.39 is 0 Å². The third kappa shape index (κ3) is 2.71. The van der Waals surface area contributed by atoms with Crippen molar-refractivity contribution in [2.45, 2.75) is 39.0 Å². The average molecular weight is 215 g/mol. The molecule has 0 fully saturated rings. The van der Waals surface area contributed by atoms with Crippen molar-refractivity contribution in [2.75, 3.05) is 0 Å². The molecule has 0 bridgehead atoms. The van der Waals surface area contributed by atoms with Gasteiger partial charge in [-0.1, -0.05) is 31.9 Å². The van der Waals surface area contributed by atoms with E-state index in [0.29, 0.717) is 10.9 Å². The summed E-state index contributed by atoms with van der Waals surface area (Å²) in [4.78, 5) is 0. The molecule has 0 aromatic heterocycles. The van der Waals surface area contributed by atoms with Crippen LogP contribution in [0.25, 0.3) is 0 Å². The van der Waals surface area contributed by atoms with E-state index in [1.807, 2.05) is 0 Å². The van der Waals surface area contributed by atoms with Gasteiger partial charge in [-0.15, -0.1) is 0 Å². The molecule has 0 N–H and O–H groups in total. The van der Waals surface area contributed by atoms with E-state index >= 15 is 0 Å². The zero-order valence-electron chi connectivity index (χ0n) is 8.69. The quantitative estimate of drug-likeness (QED) is 0.677. The average Bonchev–Trinajstić information content (AvgIpc) is 2.18. The lowest BCUT2D eigenvalue weighted by atomic mass is 9.92. The van der Waals surface area contributed by atoms with Crippen LogP contribution in [-0.4, -0.2) is 0 Å². The molecule has 0 amide bonds. The Labute approximate surface area is 90.1 Å². The van der Waals surface area contributed by atoms with Crippen molar-refractivity contribution < 1.29 is 4.39 Å². The van der Waals surface area contributed by atoms with Crippen molar-refractivity contribution in [1.29, 1.82) is 0 Å². The molecular weight excluding hydrogens is 199 g/mol. The normalized spacial score (nSPS) is 12.9. The van der Waals surface area contributed by atoms with Crippen LogP contribution in [0.1, 0.15) is 44.6 Å². The van der Waals surface area contributed by atoms with Crippen molar-refractivity contribution >= 4 is 11.6 Å². The first-order valence-electron chi connectivity index (χ1n) is 5.14. The van der Waals surface area contributed by atoms with Crippen molar-refractivity contribution in [3.63, 3.8) is 0 Å². The van der Waals surface area contributed by atoms with Crippen LogP contribution in [0.3, 0.4) is 0 Å². The summed E-state index contributed by atoms with van der Waals surface area (Å²) in [5, 5.41) is 0.621. The van der Waals surface area contributed by atoms with Crippen LogP contribution < -0.4 is 0 Å². The van der Waals surface area contributed by atoms with Crippen molar-refractivity contribution in [3.8, 4) is 0 Å². The summed E-state index contributed by atoms with van der Waals surface area (Å²) in [6.07, 6.45) is 3.06. The summed E-state index contributed by atoms with van der Waals surface area (Å²) in [5.74, 6) is 0.174. The highest BCUT2D eigenvalue weighted by Crippen LogP contribution is 2.28. The van der Waals surface area contributed by atoms with E-state index in [9.17, 15) is 4.39 Å². The molecule has 78 valence electrons. The third-order valence-corrected chi connectivity index (χ3v) is 2.76. The first-order chi connectivity index (χ1) is 6.69. The smallest absolute Gasteiger partial charge is 0.126 e. The minimum Gasteiger partial charge on any atom is -0.207 e. The molecule has 0 aliphatic heterocycles. The van der Waals surface area contributed by atoms with Gasteiger partial charge in [-0.25, -0.2) is 4.39 Å². The van der Waals surface area contributed by atoms with Crippen LogP contribution in [0, 0.1) is 5.82 Å². The molecule has 0 aliphatic carbocycles. The first-order valence-corrected chi connectivity index (χ1v) is 5.51. The van der Waals surface area contributed by atoms with Gasteiger partial charge in [0.05, 0.1) is 0 Å². The second-order valence-electron chi connectivity index (χ2n) is 3.56. The van der Waals surface area contributed by atoms with Crippen molar-refractivity contribution in [2.24, 2.45) is 0 Å². The Bertz CT molecular complexity index is 296. The van der Waals surface area contributed by atoms with E-state index in [1.54, 1.807) is 12.1 Å². The van der Waals surface area contributed by atoms with E-state index in [4.69, 9.17) is 11.6 Å². The molecule has 0 spiro atoms. The largest absolute Gasteiger partial charge is 0.207 e. The van der Waals surface area contributed by atoms with Gasteiger partial charge in [0.1, 0.15) is 5.82 Å². The summed E-state index contributed by atoms with van der Waals surface area (Å²) in [6.45, 7) is 4.20. The predicted octanol–water partition coefficient (Wildman–Crippen LogP) is 4.77. The highest BCUT2D eigenvalue weighted by atomic mass is 35.5. The summed E-state index contributed by atoms with van der Waals surface area (Å²) in [5.41, 5.74) is 0.766. The molecule has 2 heteroatoms. The number of rotatable bonds is 4. The summed E-state index contributed by atoms with van der Waals surface area (Å²) in [6, 6.07) is 4.80. The minimum absolute atomic E-state index is 0.130. The number of hydrogen-bond donors (Lipinski definition) is 0. The van der Waals surface area contributed by atoms with Crippen molar-refractivity contribution in [1.82, 2.24) is 0 Å². The molecule has 1 unspecified atom stereocenters. The van der Waals surface area contributed by atoms with Crippen LogP contribution in [0.5, 0.6) is 0 Å². The molecule has 0 saturated carbocycles. The summed E-state index contributed by atoms with van der Waals surface area (Å²) >= 11 is 5.85. The molecule has 0 radical (unpaired) electrons. The van der Waals surface area contributed by atoms with Gasteiger partial charge in [0, 0.05) is 5.02 Å². The van der Waals surface area contributed by atoms with Crippen LogP contribution in [-0.2, 0) is 0 Å². The standard InChI is InChI=1S/C12H16ClF/c1-3-5-9(4-2)11-8-10(13)6-7-12(11)14/h6-9H,3-5H2,1-2H3. The molecule has 1 atom stereocenters. The Balaban J connectivity index is 2.96. The monoisotopic (exact) mass is 214 g/mol. The van der Waals surface area contributed by atoms with Crippen LogP contribution in [0.4, 0.5) is 4.39 Å². The first kappa shape index (κ1) is 11.5. The number of halogens is 2. The maximum atomic E-state index is 13.5. The molecule has 1 rings (SSSR count). The lowest BCUT2D eigenvalue weighted by Crippen LogP contribution is -2.00. The Kier molecular flexibility index (Phi) is 4.40. The Morgan fingerprint density at radius 2 is 2.07 bits per heavy atom. The zero-order valence-corrected chi connectivity index (χ0v) is 9.44. The number of hydrogen-bond acceptors (Lipinski definition) is 0. The SMILES string of the molecule is CCCC(CC)c1cc(Cl)ccc1F. The fourth-order valence-electron chi connectivity index (χ4n) is 1.76. The van der Waals surface area contributed by atoms with Gasteiger partial charge >= 0.3 is 0 Å². The number of benzene rings is 1. The molecule has 0 saturated heterocycles. The van der Waals surface area contributed by atoms with E-state index in [1.165, 1.54) is 6.07 Å². The summed E-state index contributed by atoms with van der Waals surface area (Å²) < 4.78 is 13.5. The molecule has 0 aliphatic rings. The fraction of sp³-hybridized carbons (Fsp3) is 0.500. The lowest BCUT2D eigenvalue weighted by Gasteiger charge is -2.15. The van der Waals surface area contributed by atoms with Crippen molar-refractivity contribution in [3.05, 3.63) is 34.6 Å². The Hall–Kier alpha value is -0.560. The molecule has 0 nitrogen and oxygen atoms in total. The highest BCUT2D eigenvalue weighted by molar-refractivity contribution is 6.30. The van der Waals surface area contributed by atoms with E-state index in [-0.39, 0.29) is 5.82 Å². The van der Waals surface area contributed by atoms with E-state index in [0.717, 1.165) is 24.8 Å². The van der Waals surface area contributed by atoms with Gasteiger partial charge in [-0.05, 0) is 42.5 Å². The van der Waals surface area contributed by atoms with Gasteiger partial charge in [0.25, 0.3) is 0 Å². The fourth-order valence-corrected chi connectivity index (χ4v) is 1.94. The molecule has 0 heterocycles. The van der Waals surface area contributed by atoms with Gasteiger partial charge in [-0.2, -0.15) is 0 Å². The van der Waals surface area contributed by atoms with Gasteiger partial charge < -0.3 is 0 Å². The topological polar surface area (TPSA) is 0 Å². The van der Waals surface area contributed by atoms with Crippen LogP contribution in [0.2, 0.25) is 5.02 Å². The molecular formula is C12H16ClF. The Morgan fingerprint density at radius 3 is 2.64 bits per heavy atom. The molecule has 1 aromatic rings. The van der Waals surface area contributed by atoms with Gasteiger partial charge in [-0.3, -0.25) is 0 Å². The zero-order chi connectivity index (χ0) is 10.6. The minimum atomic E-state index is -0.130. The molecule has 1 aromatic carbocycles. The second-order valence-corrected chi connectivity index (χ2v) is 4.00. The predicted molar refractivity (Wildman–Crippen MR) is 59.4 cm³/mol. The third-order valence-electron chi connectivity index (χ3n) is 2.53. The second kappa shape index (κ2) is 5.35. The van der Waals surface area contributed by atoms with Gasteiger partial charge in [0.2, 0.25) is 0 Å². The van der Waals surface area contributed by atoms with Crippen LogP contribution >= 0.6 is 11.6 Å². The summed E-state index contributed by atoms with van der Waals surface area (Å²) in [7, 11) is 0. The Morgan fingerprint density at radius 1 is 1.36 bits per heavy atom. The maximum Gasteiger partial charge on any atom is 0.126 e. The van der Waals surface area contributed by atoms with Gasteiger partial charge in [0.15, 0.2) is 0 Å². The molecule has 14 heavy (non-hydrogen) atoms.